The van der Waals surface area contributed by atoms with Gasteiger partial charge in [0.05, 0.1) is 18.6 Å². The summed E-state index contributed by atoms with van der Waals surface area (Å²) >= 11 is 3.49. The summed E-state index contributed by atoms with van der Waals surface area (Å²) in [6.45, 7) is 8.93. The summed E-state index contributed by atoms with van der Waals surface area (Å²) in [5.41, 5.74) is 0.648. The lowest BCUT2D eigenvalue weighted by Gasteiger charge is -2.60. The van der Waals surface area contributed by atoms with Gasteiger partial charge in [0.25, 0.3) is 0 Å². The molecular weight excluding hydrogens is 474 g/mol. The van der Waals surface area contributed by atoms with Crippen LogP contribution in [-0.2, 0) is 14.3 Å². The van der Waals surface area contributed by atoms with Gasteiger partial charge >= 0.3 is 12.0 Å². The Bertz CT molecular complexity index is 849. The minimum Gasteiger partial charge on any atom is -0.467 e. The third kappa shape index (κ3) is 4.38. The van der Waals surface area contributed by atoms with Gasteiger partial charge in [0.2, 0.25) is 5.91 Å². The van der Waals surface area contributed by atoms with Crippen LogP contribution in [-0.4, -0.2) is 60.0 Å². The predicted molar refractivity (Wildman–Crippen MR) is 126 cm³/mol. The summed E-state index contributed by atoms with van der Waals surface area (Å²) in [6.07, 6.45) is 1.96. The first-order chi connectivity index (χ1) is 15.2. The zero-order chi connectivity index (χ0) is 23.6. The molecule has 0 aliphatic carbocycles. The van der Waals surface area contributed by atoms with E-state index in [4.69, 9.17) is 4.74 Å². The van der Waals surface area contributed by atoms with Crippen molar-refractivity contribution in [3.63, 3.8) is 0 Å². The molecule has 0 radical (unpaired) electrons. The predicted octanol–water partition coefficient (Wildman–Crippen LogP) is 4.12. The molecule has 8 heteroatoms. The third-order valence-corrected chi connectivity index (χ3v) is 7.62. The Morgan fingerprint density at radius 3 is 2.28 bits per heavy atom. The largest absolute Gasteiger partial charge is 0.467 e. The molecular formula is C24H34BrN3O4. The molecule has 2 saturated heterocycles. The number of benzene rings is 1. The van der Waals surface area contributed by atoms with E-state index in [0.29, 0.717) is 25.9 Å². The Labute approximate surface area is 199 Å². The number of carbonyl (C=O) groups is 3. The second-order valence-corrected chi connectivity index (χ2v) is 10.2. The van der Waals surface area contributed by atoms with E-state index in [1.807, 2.05) is 44.7 Å². The second kappa shape index (κ2) is 9.81. The van der Waals surface area contributed by atoms with E-state index in [1.54, 1.807) is 4.90 Å². The topological polar surface area (TPSA) is 79.0 Å². The second-order valence-electron chi connectivity index (χ2n) is 9.24. The van der Waals surface area contributed by atoms with Crippen molar-refractivity contribution < 1.29 is 19.1 Å². The van der Waals surface area contributed by atoms with Gasteiger partial charge in [0.15, 0.2) is 0 Å². The number of esters is 1. The van der Waals surface area contributed by atoms with Crippen molar-refractivity contribution >= 4 is 33.8 Å². The van der Waals surface area contributed by atoms with Crippen molar-refractivity contribution in [3.8, 4) is 0 Å². The maximum Gasteiger partial charge on any atom is 0.328 e. The fourth-order valence-corrected chi connectivity index (χ4v) is 5.23. The number of hydrogen-bond donors (Lipinski definition) is 1. The molecule has 0 aromatic heterocycles. The van der Waals surface area contributed by atoms with Crippen LogP contribution < -0.4 is 5.32 Å². The van der Waals surface area contributed by atoms with E-state index < -0.39 is 17.4 Å². The maximum absolute atomic E-state index is 13.3. The molecule has 1 aromatic rings. The monoisotopic (exact) mass is 507 g/mol. The molecule has 2 heterocycles. The Balaban J connectivity index is 1.73. The molecule has 32 heavy (non-hydrogen) atoms. The van der Waals surface area contributed by atoms with Gasteiger partial charge in [-0.25, -0.2) is 9.59 Å². The van der Waals surface area contributed by atoms with Gasteiger partial charge < -0.3 is 19.9 Å². The number of halogens is 1. The summed E-state index contributed by atoms with van der Waals surface area (Å²) in [5.74, 6) is -0.289. The smallest absolute Gasteiger partial charge is 0.328 e. The van der Waals surface area contributed by atoms with Crippen LogP contribution in [0.15, 0.2) is 28.7 Å². The highest BCUT2D eigenvalue weighted by molar-refractivity contribution is 9.10. The average Bonchev–Trinajstić information content (AvgIpc) is 2.80. The number of amides is 3. The third-order valence-electron chi connectivity index (χ3n) is 7.09. The molecule has 176 valence electrons. The number of ether oxygens (including phenoxy) is 1. The Morgan fingerprint density at radius 2 is 1.78 bits per heavy atom. The fourth-order valence-electron chi connectivity index (χ4n) is 4.97. The molecule has 2 aliphatic rings. The van der Waals surface area contributed by atoms with E-state index in [1.165, 1.54) is 7.11 Å². The number of urea groups is 1. The number of hydrogen-bond acceptors (Lipinski definition) is 4. The standard InChI is InChI=1S/C24H34BrN3O4/c1-6-16(4)19(21(29)32-5)26-23(31)27-13-11-24(12-14-27)20(28(15(2)3)22(24)30)17-7-9-18(25)10-8-17/h7-10,15-16,19-20H,6,11-14H2,1-5H3,(H,26,31)/t16-,19-,20?/m0/s1. The Kier molecular flexibility index (Phi) is 7.53. The molecule has 3 atom stereocenters. The molecule has 1 unspecified atom stereocenters. The van der Waals surface area contributed by atoms with Crippen molar-refractivity contribution in [1.29, 1.82) is 0 Å². The summed E-state index contributed by atoms with van der Waals surface area (Å²) in [4.78, 5) is 42.0. The van der Waals surface area contributed by atoms with Gasteiger partial charge in [-0.3, -0.25) is 4.79 Å². The van der Waals surface area contributed by atoms with Gasteiger partial charge in [-0.15, -0.1) is 0 Å². The number of carbonyl (C=O) groups excluding carboxylic acids is 3. The van der Waals surface area contributed by atoms with E-state index in [0.717, 1.165) is 16.5 Å². The van der Waals surface area contributed by atoms with Gasteiger partial charge in [0, 0.05) is 23.6 Å². The molecule has 2 aliphatic heterocycles. The fraction of sp³-hybridized carbons (Fsp3) is 0.625. The van der Waals surface area contributed by atoms with Crippen LogP contribution in [0.3, 0.4) is 0 Å². The molecule has 2 fully saturated rings. The first-order valence-electron chi connectivity index (χ1n) is 11.4. The molecule has 1 N–H and O–H groups in total. The molecule has 1 aromatic carbocycles. The lowest BCUT2D eigenvalue weighted by Crippen LogP contribution is -2.68. The van der Waals surface area contributed by atoms with Crippen molar-refractivity contribution in [2.45, 2.75) is 65.1 Å². The highest BCUT2D eigenvalue weighted by Gasteiger charge is 2.62. The first-order valence-corrected chi connectivity index (χ1v) is 12.2. The average molecular weight is 508 g/mol. The highest BCUT2D eigenvalue weighted by atomic mass is 79.9. The summed E-state index contributed by atoms with van der Waals surface area (Å²) in [7, 11) is 1.33. The first kappa shape index (κ1) is 24.6. The summed E-state index contributed by atoms with van der Waals surface area (Å²) in [5, 5.41) is 2.85. The van der Waals surface area contributed by atoms with Gasteiger partial charge in [-0.1, -0.05) is 48.3 Å². The SMILES string of the molecule is CC[C@H](C)[C@H](NC(=O)N1CCC2(CC1)C(=O)N(C(C)C)C2c1ccc(Br)cc1)C(=O)OC. The zero-order valence-corrected chi connectivity index (χ0v) is 21.1. The van der Waals surface area contributed by atoms with Crippen LogP contribution in [0.25, 0.3) is 0 Å². The van der Waals surface area contributed by atoms with Crippen molar-refractivity contribution in [3.05, 3.63) is 34.3 Å². The molecule has 0 saturated carbocycles. The number of β-lactam (4-membered cyclic amide) rings is 1. The zero-order valence-electron chi connectivity index (χ0n) is 19.6. The Morgan fingerprint density at radius 1 is 1.19 bits per heavy atom. The van der Waals surface area contributed by atoms with Crippen molar-refractivity contribution in [2.24, 2.45) is 11.3 Å². The number of likely N-dealkylation sites (tertiary alicyclic amines) is 2. The van der Waals surface area contributed by atoms with Crippen LogP contribution in [0.1, 0.15) is 58.6 Å². The van der Waals surface area contributed by atoms with E-state index in [2.05, 4.69) is 33.4 Å². The normalized spacial score (nSPS) is 21.8. The number of methoxy groups -OCH3 is 1. The van der Waals surface area contributed by atoms with Crippen LogP contribution in [0.4, 0.5) is 4.79 Å². The van der Waals surface area contributed by atoms with Crippen LogP contribution in [0, 0.1) is 11.3 Å². The van der Waals surface area contributed by atoms with Gasteiger partial charge in [-0.05, 0) is 50.3 Å². The number of nitrogens with zero attached hydrogens (tertiary/aromatic N) is 2. The van der Waals surface area contributed by atoms with Crippen LogP contribution in [0.5, 0.6) is 0 Å². The molecule has 3 amide bonds. The Hall–Kier alpha value is -2.09. The maximum atomic E-state index is 13.3. The summed E-state index contributed by atoms with van der Waals surface area (Å²) in [6, 6.07) is 7.34. The van der Waals surface area contributed by atoms with Crippen molar-refractivity contribution in [2.75, 3.05) is 20.2 Å². The van der Waals surface area contributed by atoms with E-state index in [9.17, 15) is 14.4 Å². The lowest BCUT2D eigenvalue weighted by atomic mass is 9.62. The number of nitrogens with one attached hydrogen (secondary N) is 1. The molecule has 3 rings (SSSR count). The molecule has 1 spiro atoms. The molecule has 7 nitrogen and oxygen atoms in total. The highest BCUT2D eigenvalue weighted by Crippen LogP contribution is 2.56. The van der Waals surface area contributed by atoms with Crippen molar-refractivity contribution in [1.82, 2.24) is 15.1 Å². The number of piperidine rings is 1. The quantitative estimate of drug-likeness (QED) is 0.463. The lowest BCUT2D eigenvalue weighted by molar-refractivity contribution is -0.184. The van der Waals surface area contributed by atoms with Crippen LogP contribution in [0.2, 0.25) is 0 Å². The van der Waals surface area contributed by atoms with Gasteiger partial charge in [0.1, 0.15) is 6.04 Å². The minimum atomic E-state index is -0.675. The number of rotatable bonds is 6. The van der Waals surface area contributed by atoms with E-state index >= 15 is 0 Å². The van der Waals surface area contributed by atoms with Crippen LogP contribution >= 0.6 is 15.9 Å². The van der Waals surface area contributed by atoms with Gasteiger partial charge in [-0.2, -0.15) is 0 Å². The van der Waals surface area contributed by atoms with E-state index in [-0.39, 0.29) is 29.9 Å². The minimum absolute atomic E-state index is 0.0104. The summed E-state index contributed by atoms with van der Waals surface area (Å²) < 4.78 is 5.88. The molecule has 0 bridgehead atoms.